The second kappa shape index (κ2) is 3.73. The molecule has 3 atom stereocenters. The Labute approximate surface area is 80.8 Å². The number of carboxylic acids is 1. The van der Waals surface area contributed by atoms with Gasteiger partial charge in [-0.3, -0.25) is 9.42 Å². The third kappa shape index (κ3) is 3.14. The van der Waals surface area contributed by atoms with Gasteiger partial charge in [-0.15, -0.1) is 0 Å². The van der Waals surface area contributed by atoms with Gasteiger partial charge >= 0.3 is 13.8 Å². The lowest BCUT2D eigenvalue weighted by Crippen LogP contribution is -2.04. The van der Waals surface area contributed by atoms with Crippen LogP contribution in [0, 0.1) is 5.92 Å². The summed E-state index contributed by atoms with van der Waals surface area (Å²) < 4.78 is 20.0. The van der Waals surface area contributed by atoms with E-state index in [-0.39, 0.29) is 12.0 Å². The van der Waals surface area contributed by atoms with E-state index in [1.165, 1.54) is 0 Å². The summed E-state index contributed by atoms with van der Waals surface area (Å²) in [6.45, 7) is 4.80. The molecule has 0 saturated heterocycles. The van der Waals surface area contributed by atoms with Crippen molar-refractivity contribution >= 4 is 13.8 Å². The smallest absolute Gasteiger partial charge is 0.475 e. The predicted octanol–water partition coefficient (Wildman–Crippen LogP) is 1.13. The van der Waals surface area contributed by atoms with Crippen LogP contribution in [0.15, 0.2) is 12.3 Å². The van der Waals surface area contributed by atoms with Crippen LogP contribution in [-0.4, -0.2) is 22.1 Å². The van der Waals surface area contributed by atoms with Crippen molar-refractivity contribution in [2.45, 2.75) is 19.4 Å². The van der Waals surface area contributed by atoms with Gasteiger partial charge in [0.25, 0.3) is 0 Å². The van der Waals surface area contributed by atoms with Crippen LogP contribution in [0.1, 0.15) is 13.3 Å². The van der Waals surface area contributed by atoms with Gasteiger partial charge in [0.2, 0.25) is 5.76 Å². The zero-order valence-electron chi connectivity index (χ0n) is 7.54. The summed E-state index contributed by atoms with van der Waals surface area (Å²) in [5.74, 6) is -2.09. The molecule has 0 radical (unpaired) electrons. The highest BCUT2D eigenvalue weighted by Gasteiger charge is 2.41. The third-order valence-electron chi connectivity index (χ3n) is 1.77. The molecule has 6 nitrogen and oxygen atoms in total. The number of hydrogen-bond acceptors (Lipinski definition) is 4. The molecule has 0 spiro atoms. The first-order valence-corrected chi connectivity index (χ1v) is 5.44. The van der Waals surface area contributed by atoms with Crippen molar-refractivity contribution in [1.29, 1.82) is 0 Å². The van der Waals surface area contributed by atoms with E-state index in [4.69, 9.17) is 10.00 Å². The van der Waals surface area contributed by atoms with Gasteiger partial charge in [-0.05, 0) is 18.9 Å². The molecule has 0 bridgehead atoms. The summed E-state index contributed by atoms with van der Waals surface area (Å²) in [5.41, 5.74) is 0. The molecular formula is C7H11O6P. The first-order valence-electron chi connectivity index (χ1n) is 3.95. The predicted molar refractivity (Wildman–Crippen MR) is 46.3 cm³/mol. The number of aliphatic carboxylic acids is 1. The van der Waals surface area contributed by atoms with Crippen LogP contribution in [0.5, 0.6) is 0 Å². The molecule has 7 heteroatoms. The topological polar surface area (TPSA) is 93.1 Å². The molecule has 80 valence electrons. The fraction of sp³-hybridized carbons (Fsp3) is 0.571. The Morgan fingerprint density at radius 3 is 2.50 bits per heavy atom. The van der Waals surface area contributed by atoms with Crippen LogP contribution >= 0.6 is 7.82 Å². The minimum absolute atomic E-state index is 0.206. The van der Waals surface area contributed by atoms with Crippen molar-refractivity contribution < 1.29 is 28.4 Å². The van der Waals surface area contributed by atoms with Crippen molar-refractivity contribution in [3.63, 3.8) is 0 Å². The molecule has 0 aliphatic heterocycles. The summed E-state index contributed by atoms with van der Waals surface area (Å²) in [6.07, 6.45) is 0.348. The van der Waals surface area contributed by atoms with E-state index in [1.807, 2.05) is 6.92 Å². The van der Waals surface area contributed by atoms with Crippen LogP contribution in [-0.2, 0) is 18.4 Å². The quantitative estimate of drug-likeness (QED) is 0.411. The van der Waals surface area contributed by atoms with Crippen LogP contribution < -0.4 is 0 Å². The monoisotopic (exact) mass is 222 g/mol. The largest absolute Gasteiger partial charge is 0.527 e. The fourth-order valence-electron chi connectivity index (χ4n) is 0.806. The summed E-state index contributed by atoms with van der Waals surface area (Å²) >= 11 is 0. The summed E-state index contributed by atoms with van der Waals surface area (Å²) in [4.78, 5) is 19.3. The van der Waals surface area contributed by atoms with Crippen molar-refractivity contribution in [2.75, 3.05) is 0 Å². The highest BCUT2D eigenvalue weighted by Crippen LogP contribution is 2.52. The van der Waals surface area contributed by atoms with E-state index in [0.29, 0.717) is 6.42 Å². The molecule has 0 amide bonds. The Bertz CT molecular complexity index is 311. The number of phosphoric acid groups is 1. The lowest BCUT2D eigenvalue weighted by Gasteiger charge is -2.11. The van der Waals surface area contributed by atoms with Gasteiger partial charge in [0.1, 0.15) is 0 Å². The highest BCUT2D eigenvalue weighted by atomic mass is 31.2. The maximum atomic E-state index is 11.1. The Hall–Kier alpha value is -0.840. The molecule has 0 heterocycles. The third-order valence-corrected chi connectivity index (χ3v) is 2.76. The second-order valence-electron chi connectivity index (χ2n) is 3.15. The van der Waals surface area contributed by atoms with Gasteiger partial charge in [-0.2, -0.15) is 0 Å². The molecule has 1 saturated carbocycles. The zero-order valence-corrected chi connectivity index (χ0v) is 8.44. The highest BCUT2D eigenvalue weighted by molar-refractivity contribution is 7.47. The first kappa shape index (κ1) is 11.2. The Kier molecular flexibility index (Phi) is 2.99. The molecule has 3 unspecified atom stereocenters. The molecular weight excluding hydrogens is 211 g/mol. The SMILES string of the molecule is C=C(OP(=O)(O)OC1CC1C)C(=O)O. The van der Waals surface area contributed by atoms with Gasteiger partial charge < -0.3 is 9.63 Å². The zero-order chi connectivity index (χ0) is 10.9. The van der Waals surface area contributed by atoms with E-state index in [0.717, 1.165) is 0 Å². The second-order valence-corrected chi connectivity index (χ2v) is 4.48. The molecule has 1 aliphatic carbocycles. The fourth-order valence-corrected chi connectivity index (χ4v) is 1.84. The Morgan fingerprint density at radius 1 is 1.64 bits per heavy atom. The minimum atomic E-state index is -4.31. The van der Waals surface area contributed by atoms with E-state index < -0.39 is 19.6 Å². The van der Waals surface area contributed by atoms with Crippen molar-refractivity contribution in [3.05, 3.63) is 12.3 Å². The van der Waals surface area contributed by atoms with E-state index in [1.54, 1.807) is 0 Å². The van der Waals surface area contributed by atoms with E-state index in [2.05, 4.69) is 15.6 Å². The van der Waals surface area contributed by atoms with Crippen LogP contribution in [0.4, 0.5) is 0 Å². The molecule has 1 fully saturated rings. The first-order chi connectivity index (χ1) is 6.32. The normalized spacial score (nSPS) is 29.0. The van der Waals surface area contributed by atoms with Crippen molar-refractivity contribution in [3.8, 4) is 0 Å². The molecule has 0 aromatic rings. The standard InChI is InChI=1S/C7H11O6P/c1-4-3-6(4)13-14(10,11)12-5(2)7(8)9/h4,6H,2-3H2,1H3,(H,8,9)(H,10,11). The maximum Gasteiger partial charge on any atom is 0.527 e. The van der Waals surface area contributed by atoms with Gasteiger partial charge in [0.15, 0.2) is 0 Å². The Balaban J connectivity index is 2.45. The van der Waals surface area contributed by atoms with Gasteiger partial charge in [0, 0.05) is 0 Å². The van der Waals surface area contributed by atoms with Crippen LogP contribution in [0.25, 0.3) is 0 Å². The van der Waals surface area contributed by atoms with Gasteiger partial charge in [0.05, 0.1) is 6.10 Å². The average Bonchev–Trinajstić information content (AvgIpc) is 2.63. The van der Waals surface area contributed by atoms with Gasteiger partial charge in [-0.1, -0.05) is 6.92 Å². The number of carbonyl (C=O) groups is 1. The van der Waals surface area contributed by atoms with Crippen molar-refractivity contribution in [1.82, 2.24) is 0 Å². The van der Waals surface area contributed by atoms with E-state index in [9.17, 15) is 9.36 Å². The number of phosphoric ester groups is 1. The average molecular weight is 222 g/mol. The number of rotatable bonds is 5. The molecule has 2 N–H and O–H groups in total. The van der Waals surface area contributed by atoms with Gasteiger partial charge in [-0.25, -0.2) is 9.36 Å². The minimum Gasteiger partial charge on any atom is -0.475 e. The molecule has 1 rings (SSSR count). The summed E-state index contributed by atoms with van der Waals surface area (Å²) in [6, 6.07) is 0. The number of hydrogen-bond donors (Lipinski definition) is 2. The van der Waals surface area contributed by atoms with Crippen molar-refractivity contribution in [2.24, 2.45) is 5.92 Å². The lowest BCUT2D eigenvalue weighted by molar-refractivity contribution is -0.135. The van der Waals surface area contributed by atoms with Crippen LogP contribution in [0.3, 0.4) is 0 Å². The molecule has 0 aromatic heterocycles. The lowest BCUT2D eigenvalue weighted by atomic mass is 10.5. The maximum absolute atomic E-state index is 11.1. The molecule has 1 aliphatic rings. The molecule has 0 aromatic carbocycles. The molecule has 14 heavy (non-hydrogen) atoms. The van der Waals surface area contributed by atoms with E-state index >= 15 is 0 Å². The summed E-state index contributed by atoms with van der Waals surface area (Å²) in [5, 5.41) is 8.33. The van der Waals surface area contributed by atoms with Crippen LogP contribution in [0.2, 0.25) is 0 Å². The Morgan fingerprint density at radius 2 is 2.14 bits per heavy atom. The summed E-state index contributed by atoms with van der Waals surface area (Å²) in [7, 11) is -4.31. The number of carboxylic acid groups (broad SMARTS) is 1.